The fourth-order valence-corrected chi connectivity index (χ4v) is 19.4. The van der Waals surface area contributed by atoms with Gasteiger partial charge >= 0.3 is 57.0 Å². The van der Waals surface area contributed by atoms with Gasteiger partial charge < -0.3 is 100 Å². The lowest BCUT2D eigenvalue weighted by atomic mass is 9.86. The number of nitro groups is 1. The van der Waals surface area contributed by atoms with Crippen molar-refractivity contribution >= 4 is 104 Å². The number of nitrogens with one attached hydrogen (secondary N) is 11. The van der Waals surface area contributed by atoms with Crippen LogP contribution in [-0.4, -0.2) is 275 Å². The normalized spacial score (nSPS) is 19.3. The molecule has 8 rings (SSSR count). The fraction of sp³-hybridized carbons (Fsp3) is 0.663. The molecule has 3 aromatic rings. The number of carbonyl (C=O) groups excluding carboxylic acids is 12. The maximum atomic E-state index is 14.7. The van der Waals surface area contributed by atoms with Gasteiger partial charge in [0.2, 0.25) is 35.4 Å². The number of nitrogens with two attached hydrogens (primary N) is 1. The Labute approximate surface area is 864 Å². The summed E-state index contributed by atoms with van der Waals surface area (Å²) < 4.78 is 102. The van der Waals surface area contributed by atoms with Gasteiger partial charge in [0.25, 0.3) is 5.69 Å². The van der Waals surface area contributed by atoms with E-state index in [0.717, 1.165) is 64.2 Å². The molecule has 0 aromatic heterocycles. The number of ether oxygens (including phenoxy) is 9. The van der Waals surface area contributed by atoms with Crippen LogP contribution in [-0.2, 0) is 93.7 Å². The monoisotopic (exact) mass is 2110 g/mol. The van der Waals surface area contributed by atoms with Gasteiger partial charge in [-0.25, -0.2) is 38.2 Å². The number of amides is 12. The number of primary amides is 1. The van der Waals surface area contributed by atoms with Gasteiger partial charge in [-0.05, 0) is 180 Å². The van der Waals surface area contributed by atoms with Crippen LogP contribution in [0.2, 0.25) is 0 Å². The van der Waals surface area contributed by atoms with E-state index in [1.54, 1.807) is 61.7 Å². The predicted octanol–water partition coefficient (Wildman–Crippen LogP) is 8.97. The van der Waals surface area contributed by atoms with Crippen molar-refractivity contribution in [3.05, 3.63) is 100 Å². The first kappa shape index (κ1) is 124. The molecule has 3 fully saturated rings. The molecule has 0 spiro atoms. The molecule has 0 bridgehead atoms. The lowest BCUT2D eigenvalue weighted by Gasteiger charge is -2.41. The van der Waals surface area contributed by atoms with Gasteiger partial charge in [-0.15, -0.1) is 23.7 Å². The number of fused-ring (bicyclic) bond motifs is 2. The zero-order chi connectivity index (χ0) is 109. The van der Waals surface area contributed by atoms with Crippen molar-refractivity contribution in [3.8, 4) is 29.4 Å². The van der Waals surface area contributed by atoms with Crippen LogP contribution in [0.3, 0.4) is 0 Å². The van der Waals surface area contributed by atoms with Crippen molar-refractivity contribution in [1.82, 2.24) is 65.5 Å². The molecule has 1 aliphatic heterocycles. The summed E-state index contributed by atoms with van der Waals surface area (Å²) in [6, 6.07) is 15.1. The number of alkyl carbamates (subject to hydrolysis) is 1. The number of carbonyl (C=O) groups is 12. The number of aliphatic hydroxyl groups excluding tert-OH is 1. The predicted molar refractivity (Wildman–Crippen MR) is 546 cm³/mol. The molecule has 820 valence electrons. The fourth-order valence-electron chi connectivity index (χ4n) is 18.0. The molecule has 0 radical (unpaired) electrons. The van der Waals surface area contributed by atoms with Gasteiger partial charge in [-0.2, -0.15) is 26.3 Å². The highest BCUT2D eigenvalue weighted by atomic mass is 32.2. The zero-order valence-electron chi connectivity index (χ0n) is 87.9. The van der Waals surface area contributed by atoms with Crippen LogP contribution >= 0.6 is 0 Å². The Kier molecular flexibility index (Phi) is 52.2. The van der Waals surface area contributed by atoms with Crippen molar-refractivity contribution in [1.29, 1.82) is 0 Å². The van der Waals surface area contributed by atoms with Gasteiger partial charge in [-0.3, -0.25) is 43.8 Å². The van der Waals surface area contributed by atoms with Gasteiger partial charge in [0.05, 0.1) is 81.3 Å². The zero-order valence-corrected chi connectivity index (χ0v) is 89.5. The molecule has 12 amide bonds. The molecule has 4 aliphatic carbocycles. The van der Waals surface area contributed by atoms with E-state index >= 15 is 0 Å². The first-order valence-corrected chi connectivity index (χ1v) is 53.2. The number of methoxy groups -OCH3 is 1. The van der Waals surface area contributed by atoms with E-state index in [2.05, 4.69) is 70.3 Å². The minimum absolute atomic E-state index is 0.0221. The smallest absolute Gasteiger partial charge is 0.449 e. The molecule has 2 saturated carbocycles. The summed E-state index contributed by atoms with van der Waals surface area (Å²) in [4.78, 5) is 170. The summed E-state index contributed by atoms with van der Waals surface area (Å²) in [6.07, 6.45) is 4.02. The Morgan fingerprint density at radius 1 is 0.605 bits per heavy atom. The highest BCUT2D eigenvalue weighted by molar-refractivity contribution is 7.88. The number of hydrogen-bond donors (Lipinski definition) is 13. The van der Waals surface area contributed by atoms with Crippen LogP contribution in [0, 0.1) is 105 Å². The number of nitro benzene ring substituents is 1. The third kappa shape index (κ3) is 43.2. The number of hydrogen-bond acceptors (Lipinski definition) is 29. The average Bonchev–Trinajstić information content (AvgIpc) is 1.62. The third-order valence-electron chi connectivity index (χ3n) is 26.4. The summed E-state index contributed by atoms with van der Waals surface area (Å²) >= 11 is 0. The highest BCUT2D eigenvalue weighted by Gasteiger charge is 2.51. The van der Waals surface area contributed by atoms with E-state index in [0.29, 0.717) is 59.9 Å². The third-order valence-corrected chi connectivity index (χ3v) is 28.5. The lowest BCUT2D eigenvalue weighted by Crippen LogP contribution is -2.60. The Hall–Kier alpha value is -11.8. The molecule has 2 unspecified atom stereocenters. The molecule has 5 aliphatic rings. The standard InChI is InChI=1S/C62H102N10O11.C22H27N3O10S.C17H27N3O7S/c1-18-39(8)53(48(82-17)34-49(73)72-33-23-27-47(72)40(9)41(10)55(75)65-42(11)54(74)44-24-20-19-21-25-44)70(15)59(79)51(37(4)5)68-58(78)52(38(6)7)71(16)61(81)83-35-43-28-30-45(31-29-43)66-56(76)46(26-22-32-64-60(63)80)67-57(77)50(36(2)3)69-62(12,13)14;26-21(34-15-20-18-5-3-1-2-4-6-19(18)20)24-36(30,31)23-11-12-32-13-14-33-22(27)35-17-9-7-16(8-10-17)25(28)29;1-18-16(21)26-11-10-25-9-8-19-28(23,24)20-17(22)27-12-15-13-6-4-2-3-5-7-14(13)15/h19-21,24-25,28-31,36-42,46-48,50-54,69,74H,18,22-23,26-27,32-35H2,1-17H3,(H,65,75)(H,66,76)(H,67,77)(H,68,78)(H3,63,64,80);7-10,18-20,23H,3-6,11-15H2,(H,24,26);13-15,19H,4-12H2,1H3,(H,18,21)(H,20,22)/t39-,40+,41-,42-,46-,47-,48+,50-,51-,52-,53-,54-;18-,19+,20?;13-,14+,15?/m0../s1. The molecule has 46 heteroatoms. The number of aliphatic hydroxyl groups is 1. The van der Waals surface area contributed by atoms with Gasteiger partial charge in [0.15, 0.2) is 0 Å². The second kappa shape index (κ2) is 61.9. The van der Waals surface area contributed by atoms with E-state index in [1.165, 1.54) is 50.4 Å². The lowest BCUT2D eigenvalue weighted by molar-refractivity contribution is -0.384. The molecular weight excluding hydrogens is 1950 g/mol. The van der Waals surface area contributed by atoms with Crippen LogP contribution in [0.4, 0.5) is 40.1 Å². The minimum Gasteiger partial charge on any atom is -0.449 e. The van der Waals surface area contributed by atoms with Crippen LogP contribution in [0.15, 0.2) is 78.9 Å². The molecule has 18 atom stereocenters. The number of non-ortho nitro benzene ring substituents is 1. The molecule has 44 nitrogen and oxygen atoms in total. The van der Waals surface area contributed by atoms with Crippen LogP contribution in [0.1, 0.15) is 204 Å². The Balaban J connectivity index is 0.000000416. The number of rotatable bonds is 53. The molecule has 3 aromatic carbocycles. The molecule has 1 heterocycles. The largest absolute Gasteiger partial charge is 0.513 e. The average molecular weight is 2110 g/mol. The Morgan fingerprint density at radius 3 is 1.62 bits per heavy atom. The van der Waals surface area contributed by atoms with Gasteiger partial charge in [0, 0.05) is 115 Å². The molecule has 14 N–H and O–H groups in total. The first-order chi connectivity index (χ1) is 69.5. The summed E-state index contributed by atoms with van der Waals surface area (Å²) in [5.74, 6) is 11.3. The van der Waals surface area contributed by atoms with E-state index in [1.807, 2.05) is 116 Å². The van der Waals surface area contributed by atoms with Crippen molar-refractivity contribution in [2.75, 3.05) is 113 Å². The summed E-state index contributed by atoms with van der Waals surface area (Å²) in [5.41, 5.74) is 6.42. The topological polar surface area (TPSA) is 588 Å². The van der Waals surface area contributed by atoms with E-state index in [9.17, 15) is 89.6 Å². The Morgan fingerprint density at radius 2 is 1.14 bits per heavy atom. The maximum absolute atomic E-state index is 14.7. The number of nitrogens with zero attached hydrogens (tertiary/aromatic N) is 4. The summed E-state index contributed by atoms with van der Waals surface area (Å²) in [6.45, 7) is 27.2. The maximum Gasteiger partial charge on any atom is 0.513 e. The van der Waals surface area contributed by atoms with Crippen LogP contribution < -0.4 is 66.6 Å². The number of anilines is 1. The number of benzene rings is 3. The second-order valence-electron chi connectivity index (χ2n) is 39.4. The number of urea groups is 1. The highest BCUT2D eigenvalue weighted by Crippen LogP contribution is 2.53. The summed E-state index contributed by atoms with van der Waals surface area (Å²) in [7, 11) is -2.05. The molecule has 147 heavy (non-hydrogen) atoms. The van der Waals surface area contributed by atoms with Crippen LogP contribution in [0.25, 0.3) is 0 Å². The SMILES string of the molecule is CC[C@H](C)[C@@H]([C@@H](CC(=O)N1CCC[C@H]1[C@H](C)[C@H](C)C(=O)N[C@@H](C)[C@H](O)c1ccccc1)OC)N(C)C(=O)[C@@H](NC(=O)[C@H](C(C)C)N(C)C(=O)OCc1ccc(NC(=O)[C@H](CCCNC(N)=O)NC(=O)[C@@H](NC(C)(C)C)C(C)C)cc1)C(C)C.CNC(=O)OCCOCCNS(=O)(=O)NC(=O)OCC1[C@H]2CCC#CCC[C@@H]12.O=C(NS(=O)(=O)NCCOCCOC(=O)Oc1ccc([N+](=O)[O-])cc1)OCC1[C@H]2CCC#CCC[C@@H]12. The van der Waals surface area contributed by atoms with Gasteiger partial charge in [-0.1, -0.05) is 118 Å². The first-order valence-electron chi connectivity index (χ1n) is 50.2. The summed E-state index contributed by atoms with van der Waals surface area (Å²) in [5, 5.41) is 41.3. The van der Waals surface area contributed by atoms with Crippen LogP contribution in [0.5, 0.6) is 5.75 Å². The van der Waals surface area contributed by atoms with Gasteiger partial charge in [0.1, 0.15) is 43.7 Å². The number of likely N-dealkylation sites (tertiary alicyclic amines) is 1. The van der Waals surface area contributed by atoms with Crippen molar-refractivity contribution in [2.24, 2.45) is 76.7 Å². The van der Waals surface area contributed by atoms with E-state index in [-0.39, 0.29) is 174 Å². The van der Waals surface area contributed by atoms with E-state index in [4.69, 9.17) is 48.4 Å². The van der Waals surface area contributed by atoms with Crippen molar-refractivity contribution in [3.63, 3.8) is 0 Å². The minimum atomic E-state index is -4.12. The number of likely N-dealkylation sites (N-methyl/N-ethyl adjacent to an activating group) is 2. The van der Waals surface area contributed by atoms with Crippen molar-refractivity contribution in [2.45, 2.75) is 253 Å². The molecule has 1 saturated heterocycles. The quantitative estimate of drug-likeness (QED) is 0.00476. The molecular formula is C101H156N16O28S2. The van der Waals surface area contributed by atoms with Crippen molar-refractivity contribution < 1.29 is 127 Å². The van der Waals surface area contributed by atoms with E-state index < -0.39 is 134 Å². The Bertz CT molecular complexity index is 5100. The second-order valence-corrected chi connectivity index (χ2v) is 42.4.